The smallest absolute Gasteiger partial charge is 0.316 e. The normalized spacial score (nSPS) is 22.8. The summed E-state index contributed by atoms with van der Waals surface area (Å²) in [5.74, 6) is 0. The van der Waals surface area contributed by atoms with Gasteiger partial charge < -0.3 is 9.64 Å². The van der Waals surface area contributed by atoms with E-state index in [4.69, 9.17) is 4.74 Å². The number of ether oxygens (including phenoxy) is 1. The molecule has 1 fully saturated rings. The number of benzene rings is 1. The Labute approximate surface area is 130 Å². The lowest BCUT2D eigenvalue weighted by atomic mass is 9.83. The summed E-state index contributed by atoms with van der Waals surface area (Å²) >= 11 is 0. The van der Waals surface area contributed by atoms with E-state index >= 15 is 0 Å². The average Bonchev–Trinajstić information content (AvgIpc) is 2.53. The monoisotopic (exact) mass is 303 g/mol. The minimum atomic E-state index is -0.287. The molecule has 1 unspecified atom stereocenters. The Morgan fingerprint density at radius 1 is 1.36 bits per heavy atom. The molecule has 4 nitrogen and oxygen atoms in total. The number of aromatic nitrogens is 2. The molecule has 2 heterocycles. The van der Waals surface area contributed by atoms with Crippen LogP contribution in [0.4, 0.5) is 4.39 Å². The molecule has 118 valence electrons. The van der Waals surface area contributed by atoms with Crippen LogP contribution >= 0.6 is 0 Å². The van der Waals surface area contributed by atoms with Crippen molar-refractivity contribution in [3.8, 4) is 6.01 Å². The molecule has 1 aromatic heterocycles. The first-order valence-electron chi connectivity index (χ1n) is 7.81. The third-order valence-electron chi connectivity index (χ3n) is 4.28. The van der Waals surface area contributed by atoms with Crippen molar-refractivity contribution in [1.29, 1.82) is 0 Å². The topological polar surface area (TPSA) is 38.3 Å². The fourth-order valence-corrected chi connectivity index (χ4v) is 3.12. The maximum atomic E-state index is 12.5. The van der Waals surface area contributed by atoms with E-state index in [1.807, 2.05) is 24.3 Å². The van der Waals surface area contributed by atoms with E-state index in [1.165, 1.54) is 0 Å². The van der Waals surface area contributed by atoms with Gasteiger partial charge in [-0.3, -0.25) is 0 Å². The zero-order valence-corrected chi connectivity index (χ0v) is 13.0. The fraction of sp³-hybridized carbons (Fsp3) is 0.529. The van der Waals surface area contributed by atoms with Crippen LogP contribution in [0.5, 0.6) is 6.01 Å². The SMILES string of the molecule is CC1(COc2ncc3ccccc3n2)CCCN(CCF)C1. The summed E-state index contributed by atoms with van der Waals surface area (Å²) in [6.45, 7) is 4.83. The van der Waals surface area contributed by atoms with Gasteiger partial charge in [0.15, 0.2) is 0 Å². The highest BCUT2D eigenvalue weighted by Gasteiger charge is 2.31. The van der Waals surface area contributed by atoms with Gasteiger partial charge in [0, 0.05) is 30.1 Å². The zero-order valence-electron chi connectivity index (χ0n) is 13.0. The van der Waals surface area contributed by atoms with Crippen molar-refractivity contribution in [2.75, 3.05) is 32.9 Å². The molecule has 0 N–H and O–H groups in total. The Hall–Kier alpha value is -1.75. The Morgan fingerprint density at radius 3 is 3.09 bits per heavy atom. The Bertz CT molecular complexity index is 634. The molecule has 0 bridgehead atoms. The molecule has 1 atom stereocenters. The van der Waals surface area contributed by atoms with Crippen LogP contribution in [-0.4, -0.2) is 47.8 Å². The van der Waals surface area contributed by atoms with Crippen LogP contribution in [0, 0.1) is 5.41 Å². The van der Waals surface area contributed by atoms with Crippen molar-refractivity contribution < 1.29 is 9.13 Å². The summed E-state index contributed by atoms with van der Waals surface area (Å²) < 4.78 is 18.4. The summed E-state index contributed by atoms with van der Waals surface area (Å²) in [6, 6.07) is 8.28. The van der Waals surface area contributed by atoms with E-state index in [1.54, 1.807) is 6.20 Å². The Balaban J connectivity index is 1.64. The average molecular weight is 303 g/mol. The minimum Gasteiger partial charge on any atom is -0.463 e. The standard InChI is InChI=1S/C17H22FN3O/c1-17(7-4-9-21(12-17)10-8-18)13-22-16-19-11-14-5-2-3-6-15(14)20-16/h2-3,5-6,11H,4,7-10,12-13H2,1H3. The first kappa shape index (κ1) is 15.2. The van der Waals surface area contributed by atoms with Gasteiger partial charge in [-0.15, -0.1) is 0 Å². The van der Waals surface area contributed by atoms with Crippen LogP contribution in [0.15, 0.2) is 30.5 Å². The Morgan fingerprint density at radius 2 is 2.23 bits per heavy atom. The fourth-order valence-electron chi connectivity index (χ4n) is 3.12. The van der Waals surface area contributed by atoms with E-state index < -0.39 is 0 Å². The summed E-state index contributed by atoms with van der Waals surface area (Å²) in [7, 11) is 0. The maximum absolute atomic E-state index is 12.5. The number of hydrogen-bond acceptors (Lipinski definition) is 4. The highest BCUT2D eigenvalue weighted by molar-refractivity contribution is 5.77. The molecular formula is C17H22FN3O. The van der Waals surface area contributed by atoms with Crippen LogP contribution < -0.4 is 4.74 Å². The minimum absolute atomic E-state index is 0.0302. The molecule has 1 aromatic carbocycles. The van der Waals surface area contributed by atoms with Crippen molar-refractivity contribution in [3.05, 3.63) is 30.5 Å². The van der Waals surface area contributed by atoms with E-state index in [9.17, 15) is 4.39 Å². The molecule has 0 aliphatic carbocycles. The first-order chi connectivity index (χ1) is 10.7. The number of fused-ring (bicyclic) bond motifs is 1. The number of halogens is 1. The van der Waals surface area contributed by atoms with Crippen LogP contribution in [-0.2, 0) is 0 Å². The summed E-state index contributed by atoms with van der Waals surface area (Å²) in [5, 5.41) is 1.01. The summed E-state index contributed by atoms with van der Waals surface area (Å²) in [5.41, 5.74) is 0.919. The van der Waals surface area contributed by atoms with E-state index in [0.717, 1.165) is 36.8 Å². The molecule has 0 saturated carbocycles. The molecule has 1 aliphatic rings. The van der Waals surface area contributed by atoms with Crippen LogP contribution in [0.2, 0.25) is 0 Å². The van der Waals surface area contributed by atoms with Gasteiger partial charge in [-0.05, 0) is 25.5 Å². The number of para-hydroxylation sites is 1. The molecule has 2 aromatic rings. The first-order valence-corrected chi connectivity index (χ1v) is 7.81. The predicted octanol–water partition coefficient (Wildman–Crippen LogP) is 3.08. The Kier molecular flexibility index (Phi) is 4.52. The summed E-state index contributed by atoms with van der Waals surface area (Å²) in [4.78, 5) is 10.9. The number of rotatable bonds is 5. The highest BCUT2D eigenvalue weighted by Crippen LogP contribution is 2.30. The zero-order chi connectivity index (χ0) is 15.4. The van der Waals surface area contributed by atoms with Crippen LogP contribution in [0.3, 0.4) is 0 Å². The third kappa shape index (κ3) is 3.53. The van der Waals surface area contributed by atoms with Gasteiger partial charge in [0.05, 0.1) is 12.1 Å². The van der Waals surface area contributed by atoms with Crippen molar-refractivity contribution >= 4 is 10.9 Å². The number of nitrogens with zero attached hydrogens (tertiary/aromatic N) is 3. The molecule has 1 aliphatic heterocycles. The van der Waals surface area contributed by atoms with Gasteiger partial charge in [0.1, 0.15) is 6.67 Å². The van der Waals surface area contributed by atoms with Crippen molar-refractivity contribution in [2.45, 2.75) is 19.8 Å². The van der Waals surface area contributed by atoms with Gasteiger partial charge in [-0.2, -0.15) is 4.98 Å². The molecule has 0 radical (unpaired) electrons. The number of alkyl halides is 1. The lowest BCUT2D eigenvalue weighted by Crippen LogP contribution is -2.45. The van der Waals surface area contributed by atoms with Gasteiger partial charge in [-0.1, -0.05) is 25.1 Å². The second kappa shape index (κ2) is 6.57. The molecule has 0 amide bonds. The number of hydrogen-bond donors (Lipinski definition) is 0. The molecule has 1 saturated heterocycles. The van der Waals surface area contributed by atoms with Gasteiger partial charge >= 0.3 is 6.01 Å². The highest BCUT2D eigenvalue weighted by atomic mass is 19.1. The summed E-state index contributed by atoms with van der Waals surface area (Å²) in [6.07, 6.45) is 3.96. The molecule has 0 spiro atoms. The predicted molar refractivity (Wildman–Crippen MR) is 84.8 cm³/mol. The lowest BCUT2D eigenvalue weighted by molar-refractivity contribution is 0.0501. The second-order valence-corrected chi connectivity index (χ2v) is 6.38. The van der Waals surface area contributed by atoms with Crippen molar-refractivity contribution in [1.82, 2.24) is 14.9 Å². The molecule has 22 heavy (non-hydrogen) atoms. The van der Waals surface area contributed by atoms with Crippen LogP contribution in [0.1, 0.15) is 19.8 Å². The van der Waals surface area contributed by atoms with Gasteiger partial charge in [0.2, 0.25) is 0 Å². The number of likely N-dealkylation sites (tertiary alicyclic amines) is 1. The van der Waals surface area contributed by atoms with Crippen molar-refractivity contribution in [2.24, 2.45) is 5.41 Å². The third-order valence-corrected chi connectivity index (χ3v) is 4.28. The van der Waals surface area contributed by atoms with E-state index in [-0.39, 0.29) is 12.1 Å². The van der Waals surface area contributed by atoms with Crippen LogP contribution in [0.25, 0.3) is 10.9 Å². The van der Waals surface area contributed by atoms with E-state index in [0.29, 0.717) is 19.2 Å². The second-order valence-electron chi connectivity index (χ2n) is 6.38. The molecular weight excluding hydrogens is 281 g/mol. The van der Waals surface area contributed by atoms with Crippen molar-refractivity contribution in [3.63, 3.8) is 0 Å². The van der Waals surface area contributed by atoms with Gasteiger partial charge in [-0.25, -0.2) is 9.37 Å². The maximum Gasteiger partial charge on any atom is 0.316 e. The van der Waals surface area contributed by atoms with E-state index in [2.05, 4.69) is 21.8 Å². The molecule has 3 rings (SSSR count). The van der Waals surface area contributed by atoms with Gasteiger partial charge in [0.25, 0.3) is 0 Å². The molecule has 5 heteroatoms. The lowest BCUT2D eigenvalue weighted by Gasteiger charge is -2.39. The number of piperidine rings is 1. The largest absolute Gasteiger partial charge is 0.463 e. The quantitative estimate of drug-likeness (QED) is 0.851.